The third kappa shape index (κ3) is 6.05. The van der Waals surface area contributed by atoms with Gasteiger partial charge in [0.15, 0.2) is 17.0 Å². The van der Waals surface area contributed by atoms with Gasteiger partial charge in [-0.05, 0) is 48.8 Å². The van der Waals surface area contributed by atoms with Crippen LogP contribution in [0.15, 0.2) is 66.0 Å². The summed E-state index contributed by atoms with van der Waals surface area (Å²) in [5, 5.41) is 6.65. The number of ketones is 1. The fourth-order valence-corrected chi connectivity index (χ4v) is 5.99. The van der Waals surface area contributed by atoms with E-state index in [1.165, 1.54) is 18.5 Å². The van der Waals surface area contributed by atoms with Gasteiger partial charge >= 0.3 is 0 Å². The summed E-state index contributed by atoms with van der Waals surface area (Å²) in [7, 11) is -4.16. The first-order valence-corrected chi connectivity index (χ1v) is 14.0. The predicted molar refractivity (Wildman–Crippen MR) is 141 cm³/mol. The number of amides is 2. The zero-order valence-electron chi connectivity index (χ0n) is 21.3. The van der Waals surface area contributed by atoms with Crippen molar-refractivity contribution in [3.8, 4) is 0 Å². The Morgan fingerprint density at radius 1 is 1.03 bits per heavy atom. The lowest BCUT2D eigenvalue weighted by Gasteiger charge is -2.30. The number of Topliss-reactive ketones (excluding diaryl/α,β-unsaturated/α-hetero) is 1. The van der Waals surface area contributed by atoms with Crippen molar-refractivity contribution >= 4 is 38.4 Å². The molecule has 2 atom stereocenters. The number of fused-ring (bicyclic) bond motifs is 1. The average molecular weight is 538 g/mol. The Balaban J connectivity index is 1.60. The van der Waals surface area contributed by atoms with Crippen LogP contribution >= 0.6 is 0 Å². The number of hydrogen-bond acceptors (Lipinski definition) is 7. The van der Waals surface area contributed by atoms with Crippen molar-refractivity contribution in [1.82, 2.24) is 24.9 Å². The third-order valence-corrected chi connectivity index (χ3v) is 8.13. The van der Waals surface area contributed by atoms with Crippen LogP contribution in [0.25, 0.3) is 10.8 Å². The number of benzene rings is 1. The number of pyridine rings is 2. The smallest absolute Gasteiger partial charge is 0.271 e. The number of carbonyl (C=O) groups is 3. The summed E-state index contributed by atoms with van der Waals surface area (Å²) in [4.78, 5) is 48.0. The molecule has 2 N–H and O–H groups in total. The van der Waals surface area contributed by atoms with Crippen LogP contribution in [0.1, 0.15) is 50.0 Å². The highest BCUT2D eigenvalue weighted by Gasteiger charge is 2.39. The van der Waals surface area contributed by atoms with Gasteiger partial charge in [-0.3, -0.25) is 19.4 Å². The van der Waals surface area contributed by atoms with Crippen molar-refractivity contribution in [3.63, 3.8) is 0 Å². The summed E-state index contributed by atoms with van der Waals surface area (Å²) < 4.78 is 27.8. The van der Waals surface area contributed by atoms with Crippen molar-refractivity contribution < 1.29 is 22.8 Å². The standard InChI is InChI=1S/C27H31N5O5S/c1-18(2)17-21(30-27(35)24-20-10-4-3-9-19(20)13-15-29-24)26(34)31-25-22(33)11-6-8-16-32(25)38(36,37)23-12-5-7-14-28-23/h3-5,7,9-10,12-15,18,21,25H,6,8,11,16-17H2,1-2H3,(H,30,35)(H,31,34)/t21?,25-/m0/s1. The van der Waals surface area contributed by atoms with E-state index >= 15 is 0 Å². The van der Waals surface area contributed by atoms with Gasteiger partial charge in [0, 0.05) is 30.7 Å². The molecule has 2 aromatic heterocycles. The van der Waals surface area contributed by atoms with Gasteiger partial charge in [-0.1, -0.05) is 44.2 Å². The molecule has 0 aliphatic carbocycles. The monoisotopic (exact) mass is 537 g/mol. The maximum atomic E-state index is 13.5. The van der Waals surface area contributed by atoms with Crippen LogP contribution in [0.3, 0.4) is 0 Å². The molecule has 4 rings (SSSR count). The van der Waals surface area contributed by atoms with Gasteiger partial charge in [0.05, 0.1) is 0 Å². The van der Waals surface area contributed by atoms with Crippen molar-refractivity contribution in [2.45, 2.75) is 56.8 Å². The Morgan fingerprint density at radius 3 is 2.53 bits per heavy atom. The summed E-state index contributed by atoms with van der Waals surface area (Å²) >= 11 is 0. The highest BCUT2D eigenvalue weighted by atomic mass is 32.2. The fourth-order valence-electron chi connectivity index (χ4n) is 4.49. The number of nitrogens with zero attached hydrogens (tertiary/aromatic N) is 3. The molecule has 0 saturated carbocycles. The summed E-state index contributed by atoms with van der Waals surface area (Å²) in [5.74, 6) is -1.58. The number of carbonyl (C=O) groups excluding carboxylic acids is 3. The highest BCUT2D eigenvalue weighted by molar-refractivity contribution is 7.89. The quantitative estimate of drug-likeness (QED) is 0.450. The van der Waals surface area contributed by atoms with Gasteiger partial charge in [0.25, 0.3) is 15.9 Å². The molecule has 1 fully saturated rings. The predicted octanol–water partition coefficient (Wildman–Crippen LogP) is 2.66. The minimum Gasteiger partial charge on any atom is -0.339 e. The molecule has 11 heteroatoms. The second-order valence-electron chi connectivity index (χ2n) is 9.65. The van der Waals surface area contributed by atoms with Gasteiger partial charge in [0.2, 0.25) is 5.91 Å². The molecule has 10 nitrogen and oxygen atoms in total. The van der Waals surface area contributed by atoms with E-state index in [0.29, 0.717) is 18.2 Å². The van der Waals surface area contributed by atoms with Crippen LogP contribution in [0.4, 0.5) is 0 Å². The first-order valence-electron chi connectivity index (χ1n) is 12.6. The Morgan fingerprint density at radius 2 is 1.79 bits per heavy atom. The topological polar surface area (TPSA) is 138 Å². The van der Waals surface area contributed by atoms with E-state index in [-0.39, 0.29) is 36.0 Å². The SMILES string of the molecule is CC(C)CC(NC(=O)c1nccc2ccccc12)C(=O)N[C@@H]1C(=O)CCCCN1S(=O)(=O)c1ccccn1. The molecule has 1 aliphatic rings. The van der Waals surface area contributed by atoms with E-state index in [0.717, 1.165) is 9.69 Å². The lowest BCUT2D eigenvalue weighted by Crippen LogP contribution is -2.58. The summed E-state index contributed by atoms with van der Waals surface area (Å²) in [6, 6.07) is 12.6. The maximum absolute atomic E-state index is 13.5. The average Bonchev–Trinajstić information content (AvgIpc) is 3.09. The van der Waals surface area contributed by atoms with Crippen LogP contribution in [-0.2, 0) is 19.6 Å². The van der Waals surface area contributed by atoms with Gasteiger partial charge < -0.3 is 10.6 Å². The molecular weight excluding hydrogens is 506 g/mol. The molecule has 1 aliphatic heterocycles. The summed E-state index contributed by atoms with van der Waals surface area (Å²) in [6.45, 7) is 3.85. The van der Waals surface area contributed by atoms with Gasteiger partial charge in [-0.25, -0.2) is 13.4 Å². The van der Waals surface area contributed by atoms with Crippen molar-refractivity contribution in [2.75, 3.05) is 6.54 Å². The molecule has 3 heterocycles. The van der Waals surface area contributed by atoms with Gasteiger partial charge in [0.1, 0.15) is 11.7 Å². The Labute approximate surface area is 221 Å². The minimum atomic E-state index is -4.16. The van der Waals surface area contributed by atoms with E-state index in [4.69, 9.17) is 0 Å². The molecule has 200 valence electrons. The summed E-state index contributed by atoms with van der Waals surface area (Å²) in [5.41, 5.74) is 0.176. The molecule has 1 saturated heterocycles. The Hall–Kier alpha value is -3.70. The number of sulfonamides is 1. The lowest BCUT2D eigenvalue weighted by molar-refractivity contribution is -0.131. The second-order valence-corrected chi connectivity index (χ2v) is 11.5. The number of aromatic nitrogens is 2. The molecule has 0 bridgehead atoms. The van der Waals surface area contributed by atoms with Crippen molar-refractivity contribution in [1.29, 1.82) is 0 Å². The fraction of sp³-hybridized carbons (Fsp3) is 0.370. The van der Waals surface area contributed by atoms with Crippen LogP contribution < -0.4 is 10.6 Å². The number of rotatable bonds is 8. The van der Waals surface area contributed by atoms with Crippen molar-refractivity contribution in [3.05, 3.63) is 66.6 Å². The molecule has 1 aromatic carbocycles. The van der Waals surface area contributed by atoms with Crippen LogP contribution in [0, 0.1) is 5.92 Å². The van der Waals surface area contributed by atoms with E-state index < -0.39 is 39.8 Å². The van der Waals surface area contributed by atoms with Gasteiger partial charge in [-0.15, -0.1) is 0 Å². The largest absolute Gasteiger partial charge is 0.339 e. The minimum absolute atomic E-state index is 0.0183. The highest BCUT2D eigenvalue weighted by Crippen LogP contribution is 2.22. The second kappa shape index (κ2) is 11.8. The molecule has 1 unspecified atom stereocenters. The van der Waals surface area contributed by atoms with Crippen LogP contribution in [-0.4, -0.2) is 59.0 Å². The molecule has 0 spiro atoms. The first kappa shape index (κ1) is 27.3. The maximum Gasteiger partial charge on any atom is 0.271 e. The normalized spacial score (nSPS) is 17.7. The van der Waals surface area contributed by atoms with E-state index in [9.17, 15) is 22.8 Å². The van der Waals surface area contributed by atoms with Gasteiger partial charge in [-0.2, -0.15) is 4.31 Å². The molecule has 0 radical (unpaired) electrons. The molecule has 3 aromatic rings. The van der Waals surface area contributed by atoms with Crippen LogP contribution in [0.2, 0.25) is 0 Å². The first-order chi connectivity index (χ1) is 18.2. The Kier molecular flexibility index (Phi) is 8.48. The van der Waals surface area contributed by atoms with E-state index in [1.807, 2.05) is 26.0 Å². The summed E-state index contributed by atoms with van der Waals surface area (Å²) in [6.07, 6.45) is 2.84. The Bertz CT molecular complexity index is 1420. The lowest BCUT2D eigenvalue weighted by atomic mass is 10.0. The zero-order chi connectivity index (χ0) is 27.3. The zero-order valence-corrected chi connectivity index (χ0v) is 22.1. The number of nitrogens with one attached hydrogen (secondary N) is 2. The molecule has 38 heavy (non-hydrogen) atoms. The molecular formula is C27H31N5O5S. The van der Waals surface area contributed by atoms with Crippen molar-refractivity contribution in [2.24, 2.45) is 5.92 Å². The van der Waals surface area contributed by atoms with E-state index in [2.05, 4.69) is 20.6 Å². The van der Waals surface area contributed by atoms with Crippen LogP contribution in [0.5, 0.6) is 0 Å². The number of hydrogen-bond donors (Lipinski definition) is 2. The molecule has 2 amide bonds. The third-order valence-electron chi connectivity index (χ3n) is 6.35. The van der Waals surface area contributed by atoms with E-state index in [1.54, 1.807) is 30.3 Å².